The Bertz CT molecular complexity index is 373. The molecule has 3 aliphatic rings. The van der Waals surface area contributed by atoms with Crippen molar-refractivity contribution >= 4 is 5.91 Å². The number of carbonyl (C=O) groups is 1. The Morgan fingerprint density at radius 2 is 2.10 bits per heavy atom. The van der Waals surface area contributed by atoms with Crippen molar-refractivity contribution in [2.45, 2.75) is 64.0 Å². The van der Waals surface area contributed by atoms with Gasteiger partial charge in [0.25, 0.3) is 0 Å². The van der Waals surface area contributed by atoms with Gasteiger partial charge in [-0.25, -0.2) is 0 Å². The highest BCUT2D eigenvalue weighted by atomic mass is 16.2. The fourth-order valence-electron chi connectivity index (χ4n) is 4.88. The van der Waals surface area contributed by atoms with E-state index in [4.69, 9.17) is 5.73 Å². The highest BCUT2D eigenvalue weighted by Crippen LogP contribution is 2.36. The van der Waals surface area contributed by atoms with Crippen LogP contribution in [0.25, 0.3) is 0 Å². The van der Waals surface area contributed by atoms with Crippen molar-refractivity contribution in [3.8, 4) is 0 Å². The molecule has 0 aromatic carbocycles. The zero-order valence-electron chi connectivity index (χ0n) is 13.5. The maximum atomic E-state index is 11.8. The molecule has 4 heteroatoms. The fraction of sp³-hybridized carbons (Fsp3) is 0.941. The van der Waals surface area contributed by atoms with Crippen LogP contribution < -0.4 is 5.73 Å². The van der Waals surface area contributed by atoms with E-state index in [2.05, 4.69) is 16.7 Å². The molecule has 120 valence electrons. The van der Waals surface area contributed by atoms with E-state index in [1.165, 1.54) is 32.1 Å². The predicted molar refractivity (Wildman–Crippen MR) is 84.9 cm³/mol. The maximum Gasteiger partial charge on any atom is 0.222 e. The third kappa shape index (κ3) is 3.11. The lowest BCUT2D eigenvalue weighted by molar-refractivity contribution is -0.131. The van der Waals surface area contributed by atoms with Crippen LogP contribution in [0.1, 0.15) is 51.9 Å². The molecule has 4 nitrogen and oxygen atoms in total. The second-order valence-corrected chi connectivity index (χ2v) is 7.31. The average Bonchev–Trinajstić information content (AvgIpc) is 2.88. The van der Waals surface area contributed by atoms with E-state index in [0.29, 0.717) is 23.9 Å². The summed E-state index contributed by atoms with van der Waals surface area (Å²) in [6.07, 6.45) is 8.50. The summed E-state index contributed by atoms with van der Waals surface area (Å²) in [6, 6.07) is 1.15. The van der Waals surface area contributed by atoms with E-state index in [1.807, 2.05) is 0 Å². The SMILES string of the molecule is CCCC1CCC(CN)C(N2CCN3C(=O)CCC3C2)C1. The van der Waals surface area contributed by atoms with Gasteiger partial charge in [-0.15, -0.1) is 0 Å². The number of nitrogens with two attached hydrogens (primary N) is 1. The molecule has 0 radical (unpaired) electrons. The third-order valence-electron chi connectivity index (χ3n) is 6.06. The van der Waals surface area contributed by atoms with E-state index in [0.717, 1.165) is 44.9 Å². The van der Waals surface area contributed by atoms with Gasteiger partial charge in [-0.3, -0.25) is 9.69 Å². The molecule has 2 aliphatic heterocycles. The number of nitrogens with zero attached hydrogens (tertiary/aromatic N) is 2. The normalized spacial score (nSPS) is 37.8. The zero-order chi connectivity index (χ0) is 14.8. The molecule has 2 N–H and O–H groups in total. The Balaban J connectivity index is 1.64. The first-order valence-electron chi connectivity index (χ1n) is 8.96. The van der Waals surface area contributed by atoms with Gasteiger partial charge in [-0.2, -0.15) is 0 Å². The molecule has 4 unspecified atom stereocenters. The molecule has 1 amide bonds. The monoisotopic (exact) mass is 293 g/mol. The molecule has 3 fully saturated rings. The lowest BCUT2D eigenvalue weighted by Crippen LogP contribution is -2.57. The second kappa shape index (κ2) is 6.66. The number of hydrogen-bond donors (Lipinski definition) is 1. The molecule has 2 saturated heterocycles. The quantitative estimate of drug-likeness (QED) is 0.860. The first-order valence-corrected chi connectivity index (χ1v) is 8.96. The highest BCUT2D eigenvalue weighted by Gasteiger charge is 2.40. The lowest BCUT2D eigenvalue weighted by atomic mass is 9.75. The van der Waals surface area contributed by atoms with Gasteiger partial charge in [0.05, 0.1) is 0 Å². The molecule has 2 heterocycles. The molecule has 1 aliphatic carbocycles. The van der Waals surface area contributed by atoms with Crippen LogP contribution in [-0.2, 0) is 4.79 Å². The Morgan fingerprint density at radius 3 is 2.86 bits per heavy atom. The minimum atomic E-state index is 0.377. The Kier molecular flexibility index (Phi) is 4.85. The predicted octanol–water partition coefficient (Wildman–Crippen LogP) is 1.84. The molecule has 0 spiro atoms. The van der Waals surface area contributed by atoms with Crippen molar-refractivity contribution in [2.24, 2.45) is 17.6 Å². The van der Waals surface area contributed by atoms with Crippen molar-refractivity contribution in [3.63, 3.8) is 0 Å². The number of hydrogen-bond acceptors (Lipinski definition) is 3. The van der Waals surface area contributed by atoms with Crippen LogP contribution >= 0.6 is 0 Å². The molecule has 21 heavy (non-hydrogen) atoms. The van der Waals surface area contributed by atoms with E-state index in [-0.39, 0.29) is 0 Å². The standard InChI is InChI=1S/C17H31N3O/c1-2-3-13-4-5-14(11-18)16(10-13)19-8-9-20-15(12-19)6-7-17(20)21/h13-16H,2-12,18H2,1H3. The molecular formula is C17H31N3O. The fourth-order valence-corrected chi connectivity index (χ4v) is 4.88. The van der Waals surface area contributed by atoms with Crippen LogP contribution in [0.4, 0.5) is 0 Å². The summed E-state index contributed by atoms with van der Waals surface area (Å²) in [5, 5.41) is 0. The number of rotatable bonds is 4. The minimum Gasteiger partial charge on any atom is -0.337 e. The first-order chi connectivity index (χ1) is 10.2. The Morgan fingerprint density at radius 1 is 1.24 bits per heavy atom. The van der Waals surface area contributed by atoms with Crippen LogP contribution in [0.15, 0.2) is 0 Å². The summed E-state index contributed by atoms with van der Waals surface area (Å²) in [4.78, 5) is 16.6. The molecule has 1 saturated carbocycles. The lowest BCUT2D eigenvalue weighted by Gasteiger charge is -2.47. The molecule has 4 atom stereocenters. The van der Waals surface area contributed by atoms with Crippen LogP contribution in [0.3, 0.4) is 0 Å². The van der Waals surface area contributed by atoms with Gasteiger partial charge in [-0.05, 0) is 37.6 Å². The van der Waals surface area contributed by atoms with Crippen LogP contribution in [0.5, 0.6) is 0 Å². The molecule has 0 aromatic heterocycles. The van der Waals surface area contributed by atoms with E-state index >= 15 is 0 Å². The topological polar surface area (TPSA) is 49.6 Å². The minimum absolute atomic E-state index is 0.377. The summed E-state index contributed by atoms with van der Waals surface area (Å²) in [7, 11) is 0. The molecule has 0 aromatic rings. The van der Waals surface area contributed by atoms with Gasteiger partial charge in [0, 0.05) is 38.1 Å². The summed E-state index contributed by atoms with van der Waals surface area (Å²) in [5.74, 6) is 1.94. The van der Waals surface area contributed by atoms with Crippen molar-refractivity contribution in [2.75, 3.05) is 26.2 Å². The van der Waals surface area contributed by atoms with Crippen molar-refractivity contribution in [3.05, 3.63) is 0 Å². The van der Waals surface area contributed by atoms with Crippen molar-refractivity contribution in [1.29, 1.82) is 0 Å². The summed E-state index contributed by atoms with van der Waals surface area (Å²) >= 11 is 0. The number of amides is 1. The number of fused-ring (bicyclic) bond motifs is 1. The van der Waals surface area contributed by atoms with E-state index < -0.39 is 0 Å². The van der Waals surface area contributed by atoms with Gasteiger partial charge in [-0.1, -0.05) is 26.2 Å². The highest BCUT2D eigenvalue weighted by molar-refractivity contribution is 5.78. The van der Waals surface area contributed by atoms with Gasteiger partial charge in [0.15, 0.2) is 0 Å². The average molecular weight is 293 g/mol. The molecule has 0 bridgehead atoms. The van der Waals surface area contributed by atoms with Gasteiger partial charge >= 0.3 is 0 Å². The van der Waals surface area contributed by atoms with Crippen LogP contribution in [0.2, 0.25) is 0 Å². The zero-order valence-corrected chi connectivity index (χ0v) is 13.5. The maximum absolute atomic E-state index is 11.8. The largest absolute Gasteiger partial charge is 0.337 e. The number of carbonyl (C=O) groups excluding carboxylic acids is 1. The van der Waals surface area contributed by atoms with Gasteiger partial charge < -0.3 is 10.6 Å². The van der Waals surface area contributed by atoms with Gasteiger partial charge in [0.1, 0.15) is 0 Å². The first kappa shape index (κ1) is 15.3. The Labute approximate surface area is 129 Å². The van der Waals surface area contributed by atoms with Crippen molar-refractivity contribution < 1.29 is 4.79 Å². The Hall–Kier alpha value is -0.610. The van der Waals surface area contributed by atoms with Crippen molar-refractivity contribution in [1.82, 2.24) is 9.80 Å². The summed E-state index contributed by atoms with van der Waals surface area (Å²) < 4.78 is 0. The van der Waals surface area contributed by atoms with Gasteiger partial charge in [0.2, 0.25) is 5.91 Å². The number of piperazine rings is 1. The molecule has 3 rings (SSSR count). The summed E-state index contributed by atoms with van der Waals surface area (Å²) in [6.45, 7) is 6.21. The summed E-state index contributed by atoms with van der Waals surface area (Å²) in [5.41, 5.74) is 6.06. The third-order valence-corrected chi connectivity index (χ3v) is 6.06. The van der Waals surface area contributed by atoms with Crippen LogP contribution in [0, 0.1) is 11.8 Å². The second-order valence-electron chi connectivity index (χ2n) is 7.31. The smallest absolute Gasteiger partial charge is 0.222 e. The van der Waals surface area contributed by atoms with Crippen LogP contribution in [-0.4, -0.2) is 54.0 Å². The van der Waals surface area contributed by atoms with E-state index in [1.54, 1.807) is 0 Å². The molecular weight excluding hydrogens is 262 g/mol. The van der Waals surface area contributed by atoms with E-state index in [9.17, 15) is 4.79 Å².